The number of hydrogen-bond donors (Lipinski definition) is 0. The summed E-state index contributed by atoms with van der Waals surface area (Å²) in [4.78, 5) is 14.3. The van der Waals surface area contributed by atoms with Crippen molar-refractivity contribution in [1.82, 2.24) is 4.90 Å². The molecule has 3 heteroatoms. The van der Waals surface area contributed by atoms with Crippen molar-refractivity contribution in [3.63, 3.8) is 0 Å². The van der Waals surface area contributed by atoms with Crippen LogP contribution in [0, 0.1) is 11.8 Å². The summed E-state index contributed by atoms with van der Waals surface area (Å²) in [5.41, 5.74) is 1.25. The molecule has 1 aliphatic heterocycles. The molecule has 1 aromatic carbocycles. The number of nitrogens with zero attached hydrogens (tertiary/aromatic N) is 1. The number of benzene rings is 1. The Kier molecular flexibility index (Phi) is 5.47. The fourth-order valence-corrected chi connectivity index (χ4v) is 3.25. The van der Waals surface area contributed by atoms with Crippen molar-refractivity contribution in [1.29, 1.82) is 0 Å². The number of likely N-dealkylation sites (tertiary alicyclic amines) is 1. The maximum absolute atomic E-state index is 12.2. The first-order chi connectivity index (χ1) is 9.54. The molecule has 2 nitrogen and oxygen atoms in total. The number of carbonyl (C=O) groups excluding carboxylic acids is 1. The lowest BCUT2D eigenvalue weighted by atomic mass is 9.91. The Hall–Kier alpha value is -1.02. The van der Waals surface area contributed by atoms with Gasteiger partial charge in [-0.05, 0) is 48.8 Å². The molecule has 2 unspecified atom stereocenters. The van der Waals surface area contributed by atoms with Gasteiger partial charge in [-0.1, -0.05) is 37.6 Å². The van der Waals surface area contributed by atoms with Crippen LogP contribution in [0.2, 0.25) is 5.02 Å². The van der Waals surface area contributed by atoms with Crippen molar-refractivity contribution >= 4 is 17.5 Å². The summed E-state index contributed by atoms with van der Waals surface area (Å²) in [5, 5.41) is 0.765. The summed E-state index contributed by atoms with van der Waals surface area (Å²) < 4.78 is 0. The Morgan fingerprint density at radius 2 is 1.80 bits per heavy atom. The van der Waals surface area contributed by atoms with Crippen LogP contribution in [0.4, 0.5) is 0 Å². The fraction of sp³-hybridized carbons (Fsp3) is 0.588. The molecule has 2 atom stereocenters. The zero-order chi connectivity index (χ0) is 14.5. The van der Waals surface area contributed by atoms with Crippen molar-refractivity contribution < 1.29 is 4.79 Å². The van der Waals surface area contributed by atoms with Crippen LogP contribution >= 0.6 is 11.6 Å². The first-order valence-electron chi connectivity index (χ1n) is 7.57. The molecule has 0 aromatic heterocycles. The normalized spacial score (nSPS) is 22.9. The average molecular weight is 294 g/mol. The highest BCUT2D eigenvalue weighted by Crippen LogP contribution is 2.22. The monoisotopic (exact) mass is 293 g/mol. The third-order valence-electron chi connectivity index (χ3n) is 3.99. The summed E-state index contributed by atoms with van der Waals surface area (Å²) in [7, 11) is 0. The van der Waals surface area contributed by atoms with Crippen LogP contribution in [0.3, 0.4) is 0 Å². The first kappa shape index (κ1) is 15.4. The van der Waals surface area contributed by atoms with Crippen LogP contribution in [-0.4, -0.2) is 23.9 Å². The van der Waals surface area contributed by atoms with Gasteiger partial charge in [-0.15, -0.1) is 0 Å². The number of amides is 1. The second-order valence-electron chi connectivity index (χ2n) is 6.22. The molecule has 0 saturated carbocycles. The van der Waals surface area contributed by atoms with Gasteiger partial charge in [0.25, 0.3) is 0 Å². The smallest absolute Gasteiger partial charge is 0.222 e. The van der Waals surface area contributed by atoms with Crippen molar-refractivity contribution in [2.45, 2.75) is 39.5 Å². The van der Waals surface area contributed by atoms with E-state index in [0.29, 0.717) is 24.2 Å². The van der Waals surface area contributed by atoms with E-state index in [9.17, 15) is 4.79 Å². The van der Waals surface area contributed by atoms with E-state index in [1.54, 1.807) is 0 Å². The van der Waals surface area contributed by atoms with Crippen LogP contribution in [0.15, 0.2) is 24.3 Å². The van der Waals surface area contributed by atoms with Crippen LogP contribution in [0.25, 0.3) is 0 Å². The van der Waals surface area contributed by atoms with Crippen LogP contribution < -0.4 is 0 Å². The molecule has 110 valence electrons. The van der Waals surface area contributed by atoms with E-state index < -0.39 is 0 Å². The topological polar surface area (TPSA) is 20.3 Å². The number of halogens is 1. The minimum atomic E-state index is 0.317. The third-order valence-corrected chi connectivity index (χ3v) is 4.24. The number of rotatable bonds is 4. The minimum Gasteiger partial charge on any atom is -0.342 e. The number of piperidine rings is 1. The van der Waals surface area contributed by atoms with Gasteiger partial charge in [-0.3, -0.25) is 4.79 Å². The van der Waals surface area contributed by atoms with Gasteiger partial charge in [0.15, 0.2) is 0 Å². The minimum absolute atomic E-state index is 0.317. The van der Waals surface area contributed by atoms with Gasteiger partial charge in [0.05, 0.1) is 0 Å². The molecule has 1 heterocycles. The third kappa shape index (κ3) is 4.52. The zero-order valence-corrected chi connectivity index (χ0v) is 13.2. The van der Waals surface area contributed by atoms with Crippen molar-refractivity contribution in [2.24, 2.45) is 11.8 Å². The highest BCUT2D eigenvalue weighted by molar-refractivity contribution is 6.30. The lowest BCUT2D eigenvalue weighted by molar-refractivity contribution is -0.133. The number of aryl methyl sites for hydroxylation is 1. The van der Waals surface area contributed by atoms with E-state index in [1.165, 1.54) is 12.0 Å². The molecule has 0 N–H and O–H groups in total. The van der Waals surface area contributed by atoms with E-state index in [2.05, 4.69) is 18.7 Å². The number of carbonyl (C=O) groups is 1. The van der Waals surface area contributed by atoms with Gasteiger partial charge >= 0.3 is 0 Å². The zero-order valence-electron chi connectivity index (χ0n) is 12.4. The molecule has 0 aliphatic carbocycles. The first-order valence-corrected chi connectivity index (χ1v) is 7.94. The predicted octanol–water partition coefficient (Wildman–Crippen LogP) is 4.17. The number of hydrogen-bond acceptors (Lipinski definition) is 1. The highest BCUT2D eigenvalue weighted by atomic mass is 35.5. The molecule has 1 saturated heterocycles. The molecular formula is C17H24ClNO. The fourth-order valence-electron chi connectivity index (χ4n) is 3.12. The van der Waals surface area contributed by atoms with Gasteiger partial charge < -0.3 is 4.90 Å². The molecule has 20 heavy (non-hydrogen) atoms. The van der Waals surface area contributed by atoms with E-state index in [4.69, 9.17) is 11.6 Å². The SMILES string of the molecule is CC1CC(C)CN(C(=O)CCCc2ccc(Cl)cc2)C1. The quantitative estimate of drug-likeness (QED) is 0.816. The van der Waals surface area contributed by atoms with Gasteiger partial charge in [-0.2, -0.15) is 0 Å². The molecule has 0 spiro atoms. The Bertz CT molecular complexity index is 433. The van der Waals surface area contributed by atoms with Gasteiger partial charge in [-0.25, -0.2) is 0 Å². The molecule has 1 aromatic rings. The summed E-state index contributed by atoms with van der Waals surface area (Å²) in [5.74, 6) is 1.59. The van der Waals surface area contributed by atoms with Crippen molar-refractivity contribution in [2.75, 3.05) is 13.1 Å². The van der Waals surface area contributed by atoms with E-state index in [-0.39, 0.29) is 0 Å². The molecular weight excluding hydrogens is 270 g/mol. The van der Waals surface area contributed by atoms with Gasteiger partial charge in [0, 0.05) is 24.5 Å². The highest BCUT2D eigenvalue weighted by Gasteiger charge is 2.24. The Labute approximate surface area is 127 Å². The molecule has 2 rings (SSSR count). The summed E-state index contributed by atoms with van der Waals surface area (Å²) in [6, 6.07) is 7.90. The predicted molar refractivity (Wildman–Crippen MR) is 83.9 cm³/mol. The van der Waals surface area contributed by atoms with Crippen LogP contribution in [0.1, 0.15) is 38.7 Å². The van der Waals surface area contributed by atoms with Gasteiger partial charge in [0.2, 0.25) is 5.91 Å². The maximum atomic E-state index is 12.2. The lowest BCUT2D eigenvalue weighted by Crippen LogP contribution is -2.42. The van der Waals surface area contributed by atoms with Crippen molar-refractivity contribution in [3.8, 4) is 0 Å². The van der Waals surface area contributed by atoms with E-state index >= 15 is 0 Å². The molecule has 1 aliphatic rings. The lowest BCUT2D eigenvalue weighted by Gasteiger charge is -2.35. The van der Waals surface area contributed by atoms with Crippen molar-refractivity contribution in [3.05, 3.63) is 34.9 Å². The summed E-state index contributed by atoms with van der Waals surface area (Å²) >= 11 is 5.86. The standard InChI is InChI=1S/C17H24ClNO/c1-13-10-14(2)12-19(11-13)17(20)5-3-4-15-6-8-16(18)9-7-15/h6-9,13-14H,3-5,10-12H2,1-2H3. The van der Waals surface area contributed by atoms with E-state index in [0.717, 1.165) is 31.0 Å². The summed E-state index contributed by atoms with van der Waals surface area (Å²) in [6.07, 6.45) is 3.76. The maximum Gasteiger partial charge on any atom is 0.222 e. The molecule has 1 fully saturated rings. The Balaban J connectivity index is 1.76. The van der Waals surface area contributed by atoms with E-state index in [1.807, 2.05) is 24.3 Å². The summed E-state index contributed by atoms with van der Waals surface area (Å²) in [6.45, 7) is 6.35. The Morgan fingerprint density at radius 3 is 2.40 bits per heavy atom. The second-order valence-corrected chi connectivity index (χ2v) is 6.66. The van der Waals surface area contributed by atoms with Crippen LogP contribution in [-0.2, 0) is 11.2 Å². The Morgan fingerprint density at radius 1 is 1.20 bits per heavy atom. The molecule has 0 bridgehead atoms. The van der Waals surface area contributed by atoms with Crippen LogP contribution in [0.5, 0.6) is 0 Å². The average Bonchev–Trinajstić information content (AvgIpc) is 2.40. The molecule has 1 amide bonds. The molecule has 0 radical (unpaired) electrons. The largest absolute Gasteiger partial charge is 0.342 e. The second kappa shape index (κ2) is 7.12. The van der Waals surface area contributed by atoms with Gasteiger partial charge in [0.1, 0.15) is 0 Å².